The molecule has 20 heavy (non-hydrogen) atoms. The molecule has 116 valence electrons. The van der Waals surface area contributed by atoms with Crippen molar-refractivity contribution in [1.82, 2.24) is 0 Å². The monoisotopic (exact) mass is 278 g/mol. The van der Waals surface area contributed by atoms with Gasteiger partial charge in [-0.3, -0.25) is 9.98 Å². The van der Waals surface area contributed by atoms with Gasteiger partial charge in [-0.1, -0.05) is 73.4 Å². The molecule has 0 heterocycles. The van der Waals surface area contributed by atoms with Crippen LogP contribution in [0.5, 0.6) is 0 Å². The molecule has 0 saturated heterocycles. The van der Waals surface area contributed by atoms with Gasteiger partial charge in [0.15, 0.2) is 0 Å². The van der Waals surface area contributed by atoms with Crippen LogP contribution in [-0.4, -0.2) is 11.9 Å². The molecule has 0 spiro atoms. The smallest absolute Gasteiger partial charge is 0.0877 e. The van der Waals surface area contributed by atoms with E-state index in [0.717, 1.165) is 5.70 Å². The lowest BCUT2D eigenvalue weighted by molar-refractivity contribution is 1.28. The molecular weight excluding hydrogens is 244 g/mol. The molecule has 0 atom stereocenters. The van der Waals surface area contributed by atoms with Crippen LogP contribution in [0, 0.1) is 0 Å². The van der Waals surface area contributed by atoms with Crippen LogP contribution in [0.2, 0.25) is 0 Å². The van der Waals surface area contributed by atoms with E-state index in [9.17, 15) is 0 Å². The summed E-state index contributed by atoms with van der Waals surface area (Å²) in [5.41, 5.74) is 2.18. The largest absolute Gasteiger partial charge is 0.255 e. The summed E-state index contributed by atoms with van der Waals surface area (Å²) < 4.78 is 0. The van der Waals surface area contributed by atoms with E-state index in [2.05, 4.69) is 29.7 Å². The summed E-state index contributed by atoms with van der Waals surface area (Å²) in [5, 5.41) is 0. The maximum atomic E-state index is 4.28. The normalized spacial score (nSPS) is 10.0. The van der Waals surface area contributed by atoms with Crippen molar-refractivity contribution in [2.45, 2.75) is 55.4 Å². The Balaban J connectivity index is -0.000000187. The molecule has 0 aliphatic rings. The molecule has 0 fully saturated rings. The van der Waals surface area contributed by atoms with Crippen LogP contribution >= 0.6 is 0 Å². The van der Waals surface area contributed by atoms with Crippen molar-refractivity contribution in [2.24, 2.45) is 9.98 Å². The first kappa shape index (κ1) is 26.8. The Morgan fingerprint density at radius 2 is 1.40 bits per heavy atom. The second-order valence-corrected chi connectivity index (χ2v) is 2.59. The molecule has 0 N–H and O–H groups in total. The number of hydrogen-bond donors (Lipinski definition) is 0. The van der Waals surface area contributed by atoms with Gasteiger partial charge in [-0.15, -0.1) is 0 Å². The maximum Gasteiger partial charge on any atom is 0.0877 e. The van der Waals surface area contributed by atoms with E-state index in [1.807, 2.05) is 61.5 Å². The molecule has 0 rings (SSSR count). The van der Waals surface area contributed by atoms with Gasteiger partial charge in [-0.05, 0) is 19.9 Å². The third kappa shape index (κ3) is 18.7. The van der Waals surface area contributed by atoms with Crippen molar-refractivity contribution in [3.05, 3.63) is 49.4 Å². The fraction of sp³-hybridized carbons (Fsp3) is 0.444. The van der Waals surface area contributed by atoms with Gasteiger partial charge in [0.2, 0.25) is 0 Å². The second kappa shape index (κ2) is 26.0. The highest BCUT2D eigenvalue weighted by Crippen LogP contribution is 2.03. The summed E-state index contributed by atoms with van der Waals surface area (Å²) in [5.74, 6) is 0. The van der Waals surface area contributed by atoms with Crippen LogP contribution in [0.4, 0.5) is 0 Å². The van der Waals surface area contributed by atoms with Gasteiger partial charge < -0.3 is 0 Å². The third-order valence-electron chi connectivity index (χ3n) is 1.54. The molecule has 2 nitrogen and oxygen atoms in total. The fourth-order valence-electron chi connectivity index (χ4n) is 0.691. The molecule has 0 aliphatic carbocycles. The topological polar surface area (TPSA) is 24.7 Å². The minimum absolute atomic E-state index is 0.584. The zero-order valence-corrected chi connectivity index (χ0v) is 14.8. The second-order valence-electron chi connectivity index (χ2n) is 2.59. The first-order valence-electron chi connectivity index (χ1n) is 7.34. The Morgan fingerprint density at radius 1 is 0.950 bits per heavy atom. The summed E-state index contributed by atoms with van der Waals surface area (Å²) in [7, 11) is 0. The predicted molar refractivity (Wildman–Crippen MR) is 98.9 cm³/mol. The van der Waals surface area contributed by atoms with Gasteiger partial charge in [-0.2, -0.15) is 0 Å². The molecule has 0 unspecified atom stereocenters. The number of rotatable bonds is 5. The van der Waals surface area contributed by atoms with Gasteiger partial charge in [0.1, 0.15) is 0 Å². The van der Waals surface area contributed by atoms with Crippen molar-refractivity contribution in [3.63, 3.8) is 0 Å². The Labute approximate surface area is 127 Å². The lowest BCUT2D eigenvalue weighted by Gasteiger charge is -1.99. The highest BCUT2D eigenvalue weighted by atomic mass is 14.8. The minimum atomic E-state index is 0.584. The fourth-order valence-corrected chi connectivity index (χ4v) is 0.691. The van der Waals surface area contributed by atoms with E-state index < -0.39 is 0 Å². The lowest BCUT2D eigenvalue weighted by atomic mass is 10.3. The zero-order valence-electron chi connectivity index (χ0n) is 14.8. The molecule has 0 aromatic rings. The SMILES string of the molecule is C=CC=NC(=C)C(C=C)=N/C(C)=C\C.CC.CC.CC. The first-order valence-corrected chi connectivity index (χ1v) is 7.34. The maximum absolute atomic E-state index is 4.28. The van der Waals surface area contributed by atoms with Gasteiger partial charge >= 0.3 is 0 Å². The number of allylic oxidation sites excluding steroid dienone is 4. The highest BCUT2D eigenvalue weighted by molar-refractivity contribution is 6.08. The molecule has 0 aromatic heterocycles. The van der Waals surface area contributed by atoms with Crippen molar-refractivity contribution in [1.29, 1.82) is 0 Å². The molecule has 0 radical (unpaired) electrons. The third-order valence-corrected chi connectivity index (χ3v) is 1.54. The average molecular weight is 278 g/mol. The molecular formula is C18H34N2. The van der Waals surface area contributed by atoms with Gasteiger partial charge in [-0.25, -0.2) is 0 Å². The Morgan fingerprint density at radius 3 is 1.70 bits per heavy atom. The standard InChI is InChI=1S/C12H16N2.3C2H6/c1-6-9-13-11(5)12(8-3)14-10(4)7-2;3*1-2/h6-9H,1,3,5H2,2,4H3;3*1-2H3/b10-7-,13-9?,14-12?;;;. The van der Waals surface area contributed by atoms with E-state index >= 15 is 0 Å². The highest BCUT2D eigenvalue weighted by Gasteiger charge is 1.97. The van der Waals surface area contributed by atoms with Gasteiger partial charge in [0.25, 0.3) is 0 Å². The predicted octanol–water partition coefficient (Wildman–Crippen LogP) is 6.39. The molecule has 2 heteroatoms. The number of nitrogens with zero attached hydrogens (tertiary/aromatic N) is 2. The molecule has 0 aliphatic heterocycles. The van der Waals surface area contributed by atoms with Crippen molar-refractivity contribution in [3.8, 4) is 0 Å². The lowest BCUT2D eigenvalue weighted by Crippen LogP contribution is -1.95. The zero-order chi connectivity index (χ0) is 17.0. The van der Waals surface area contributed by atoms with Crippen molar-refractivity contribution in [2.75, 3.05) is 0 Å². The van der Waals surface area contributed by atoms with Gasteiger partial charge in [0, 0.05) is 11.9 Å². The van der Waals surface area contributed by atoms with Crippen LogP contribution in [0.3, 0.4) is 0 Å². The van der Waals surface area contributed by atoms with Crippen LogP contribution in [0.1, 0.15) is 55.4 Å². The Hall–Kier alpha value is -1.70. The summed E-state index contributed by atoms with van der Waals surface area (Å²) in [6, 6.07) is 0. The van der Waals surface area contributed by atoms with Crippen molar-refractivity contribution >= 4 is 11.9 Å². The van der Waals surface area contributed by atoms with E-state index in [1.165, 1.54) is 0 Å². The van der Waals surface area contributed by atoms with E-state index in [4.69, 9.17) is 0 Å². The van der Waals surface area contributed by atoms with Crippen LogP contribution in [0.15, 0.2) is 59.3 Å². The quantitative estimate of drug-likeness (QED) is 0.521. The number of aliphatic imine (C=N–C) groups is 2. The summed E-state index contributed by atoms with van der Waals surface area (Å²) in [6.07, 6.45) is 6.71. The van der Waals surface area contributed by atoms with Crippen LogP contribution in [0.25, 0.3) is 0 Å². The van der Waals surface area contributed by atoms with E-state index in [0.29, 0.717) is 11.4 Å². The molecule has 0 amide bonds. The van der Waals surface area contributed by atoms with Crippen molar-refractivity contribution < 1.29 is 0 Å². The summed E-state index contributed by atoms with van der Waals surface area (Å²) in [4.78, 5) is 8.31. The first-order chi connectivity index (χ1) is 9.65. The Bertz CT molecular complexity index is 318. The van der Waals surface area contributed by atoms with Crippen LogP contribution in [-0.2, 0) is 0 Å². The average Bonchev–Trinajstić information content (AvgIpc) is 2.55. The van der Waals surface area contributed by atoms with E-state index in [-0.39, 0.29) is 0 Å². The van der Waals surface area contributed by atoms with E-state index in [1.54, 1.807) is 18.4 Å². The number of hydrogen-bond acceptors (Lipinski definition) is 2. The molecule has 0 saturated carbocycles. The minimum Gasteiger partial charge on any atom is -0.255 e. The summed E-state index contributed by atoms with van der Waals surface area (Å²) in [6.45, 7) is 26.8. The van der Waals surface area contributed by atoms with Gasteiger partial charge in [0.05, 0.1) is 11.4 Å². The summed E-state index contributed by atoms with van der Waals surface area (Å²) >= 11 is 0. The molecule has 0 aromatic carbocycles. The molecule has 0 bridgehead atoms. The van der Waals surface area contributed by atoms with Crippen LogP contribution < -0.4 is 0 Å². The Kier molecular flexibility index (Phi) is 34.8.